The maximum atomic E-state index is 6.50. The quantitative estimate of drug-likeness (QED) is 0.783. The molecule has 0 amide bonds. The van der Waals surface area contributed by atoms with Gasteiger partial charge in [-0.3, -0.25) is 9.88 Å². The first-order valence-electron chi connectivity index (χ1n) is 5.27. The topological polar surface area (TPSA) is 39.9 Å². The van der Waals surface area contributed by atoms with E-state index >= 15 is 0 Å². The van der Waals surface area contributed by atoms with Gasteiger partial charge in [-0.05, 0) is 37.6 Å². The van der Waals surface area contributed by atoms with Crippen LogP contribution >= 0.6 is 15.9 Å². The van der Waals surface area contributed by atoms with Gasteiger partial charge in [-0.2, -0.15) is 0 Å². The lowest BCUT2D eigenvalue weighted by Gasteiger charge is -2.19. The molecule has 1 aromatic heterocycles. The van der Waals surface area contributed by atoms with Gasteiger partial charge in [0, 0.05) is 30.3 Å². The van der Waals surface area contributed by atoms with Crippen LogP contribution in [0, 0.1) is 11.8 Å². The van der Waals surface area contributed by atoms with E-state index < -0.39 is 0 Å². The summed E-state index contributed by atoms with van der Waals surface area (Å²) in [7, 11) is 2.19. The van der Waals surface area contributed by atoms with Crippen molar-refractivity contribution in [2.75, 3.05) is 13.6 Å². The summed E-state index contributed by atoms with van der Waals surface area (Å²) >= 11 is 3.46. The highest BCUT2D eigenvalue weighted by Gasteiger charge is 2.22. The van der Waals surface area contributed by atoms with Crippen LogP contribution in [0.4, 0.5) is 0 Å². The fraction of sp³-hybridized carbons (Fsp3) is 0.500. The van der Waals surface area contributed by atoms with Gasteiger partial charge in [-0.15, -0.1) is 0 Å². The number of alkyl halides is 1. The minimum atomic E-state index is 0.585. The standard InChI is InChI=1S/C11H15BrN2.CHN/c1-14-4-2-3-11(14)10-5-9(6-12)7-13-8-10;1-2/h5,7-8,11H,2-4,6H2,1H3;1H. The Morgan fingerprint density at radius 2 is 2.31 bits per heavy atom. The van der Waals surface area contributed by atoms with Gasteiger partial charge in [0.1, 0.15) is 0 Å². The number of likely N-dealkylation sites (tertiary alicyclic amines) is 1. The highest BCUT2D eigenvalue weighted by molar-refractivity contribution is 9.08. The van der Waals surface area contributed by atoms with Crippen LogP contribution in [0.25, 0.3) is 0 Å². The summed E-state index contributed by atoms with van der Waals surface area (Å²) in [5, 5.41) is 7.39. The van der Waals surface area contributed by atoms with E-state index in [1.165, 1.54) is 30.5 Å². The Hall–Kier alpha value is -0.920. The Bertz CT molecular complexity index is 351. The van der Waals surface area contributed by atoms with Crippen molar-refractivity contribution in [1.82, 2.24) is 9.88 Å². The summed E-state index contributed by atoms with van der Waals surface area (Å²) in [6, 6.07) is 2.84. The van der Waals surface area contributed by atoms with Crippen LogP contribution < -0.4 is 0 Å². The van der Waals surface area contributed by atoms with Gasteiger partial charge < -0.3 is 0 Å². The molecule has 1 atom stereocenters. The Balaban J connectivity index is 0.000000606. The smallest absolute Gasteiger partial charge is 0.0462 e. The van der Waals surface area contributed by atoms with Crippen LogP contribution in [0.1, 0.15) is 30.0 Å². The van der Waals surface area contributed by atoms with Crippen molar-refractivity contribution in [2.24, 2.45) is 0 Å². The van der Waals surface area contributed by atoms with E-state index in [9.17, 15) is 0 Å². The third-order valence-electron chi connectivity index (χ3n) is 2.88. The number of nitrogens with zero attached hydrogens (tertiary/aromatic N) is 3. The molecule has 1 unspecified atom stereocenters. The molecule has 3 nitrogen and oxygen atoms in total. The predicted molar refractivity (Wildman–Crippen MR) is 68.1 cm³/mol. The molecule has 0 bridgehead atoms. The van der Waals surface area contributed by atoms with E-state index in [1.807, 2.05) is 12.4 Å². The number of rotatable bonds is 2. The molecular weight excluding hydrogens is 266 g/mol. The molecular formula is C12H16BrN3. The Kier molecular flexibility index (Phi) is 5.44. The van der Waals surface area contributed by atoms with Crippen LogP contribution in [0.5, 0.6) is 0 Å². The van der Waals surface area contributed by atoms with Gasteiger partial charge in [0.2, 0.25) is 0 Å². The van der Waals surface area contributed by atoms with Gasteiger partial charge in [0.25, 0.3) is 0 Å². The Morgan fingerprint density at radius 1 is 1.56 bits per heavy atom. The van der Waals surface area contributed by atoms with Crippen molar-refractivity contribution < 1.29 is 0 Å². The highest BCUT2D eigenvalue weighted by atomic mass is 79.9. The second-order valence-electron chi connectivity index (χ2n) is 3.90. The summed E-state index contributed by atoms with van der Waals surface area (Å²) in [5.74, 6) is 0. The molecule has 1 aliphatic rings. The Labute approximate surface area is 105 Å². The lowest BCUT2D eigenvalue weighted by Crippen LogP contribution is -2.17. The molecule has 1 aromatic rings. The molecule has 0 spiro atoms. The van der Waals surface area contributed by atoms with E-state index in [1.54, 1.807) is 0 Å². The summed E-state index contributed by atoms with van der Waals surface area (Å²) in [6.45, 7) is 4.71. The molecule has 1 aliphatic heterocycles. The van der Waals surface area contributed by atoms with E-state index in [4.69, 9.17) is 5.26 Å². The molecule has 0 radical (unpaired) electrons. The lowest BCUT2D eigenvalue weighted by molar-refractivity contribution is 0.317. The molecule has 4 heteroatoms. The normalized spacial score (nSPS) is 20.1. The van der Waals surface area contributed by atoms with Gasteiger partial charge in [0.05, 0.1) is 0 Å². The van der Waals surface area contributed by atoms with Crippen molar-refractivity contribution in [3.63, 3.8) is 0 Å². The van der Waals surface area contributed by atoms with Crippen LogP contribution in [0.2, 0.25) is 0 Å². The Morgan fingerprint density at radius 3 is 2.88 bits per heavy atom. The predicted octanol–water partition coefficient (Wildman–Crippen LogP) is 2.88. The number of hydrogen-bond acceptors (Lipinski definition) is 3. The van der Waals surface area contributed by atoms with Crippen molar-refractivity contribution in [3.8, 4) is 6.57 Å². The van der Waals surface area contributed by atoms with Crippen molar-refractivity contribution >= 4 is 15.9 Å². The number of hydrogen-bond donors (Lipinski definition) is 0. The summed E-state index contributed by atoms with van der Waals surface area (Å²) in [4.78, 5) is 6.69. The number of halogens is 1. The maximum absolute atomic E-state index is 6.50. The second-order valence-corrected chi connectivity index (χ2v) is 4.46. The third kappa shape index (κ3) is 3.03. The monoisotopic (exact) mass is 281 g/mol. The molecule has 0 saturated carbocycles. The molecule has 0 aliphatic carbocycles. The third-order valence-corrected chi connectivity index (χ3v) is 3.52. The molecule has 86 valence electrons. The minimum Gasteiger partial charge on any atom is -0.299 e. The number of nitriles is 1. The number of aromatic nitrogens is 1. The molecule has 0 aromatic carbocycles. The van der Waals surface area contributed by atoms with E-state index in [-0.39, 0.29) is 0 Å². The van der Waals surface area contributed by atoms with Crippen molar-refractivity contribution in [1.29, 1.82) is 5.26 Å². The fourth-order valence-corrected chi connectivity index (χ4v) is 2.40. The molecule has 2 heterocycles. The fourth-order valence-electron chi connectivity index (χ4n) is 2.09. The average Bonchev–Trinajstić information content (AvgIpc) is 2.78. The first-order chi connectivity index (χ1) is 7.81. The van der Waals surface area contributed by atoms with Gasteiger partial charge >= 0.3 is 0 Å². The van der Waals surface area contributed by atoms with Crippen LogP contribution in [0.15, 0.2) is 18.5 Å². The van der Waals surface area contributed by atoms with E-state index in [0.29, 0.717) is 6.04 Å². The molecule has 1 saturated heterocycles. The summed E-state index contributed by atoms with van der Waals surface area (Å²) in [6.07, 6.45) is 6.50. The van der Waals surface area contributed by atoms with Gasteiger partial charge in [-0.25, -0.2) is 5.26 Å². The van der Waals surface area contributed by atoms with Crippen molar-refractivity contribution in [2.45, 2.75) is 24.2 Å². The minimum absolute atomic E-state index is 0.585. The maximum Gasteiger partial charge on any atom is 0.0462 e. The SMILES string of the molecule is C#N.CN1CCCC1c1cncc(CBr)c1. The zero-order valence-corrected chi connectivity index (χ0v) is 11.0. The van der Waals surface area contributed by atoms with Crippen LogP contribution in [-0.2, 0) is 5.33 Å². The summed E-state index contributed by atoms with van der Waals surface area (Å²) < 4.78 is 0. The van der Waals surface area contributed by atoms with Gasteiger partial charge in [0.15, 0.2) is 0 Å². The average molecular weight is 282 g/mol. The summed E-state index contributed by atoms with van der Waals surface area (Å²) in [5.41, 5.74) is 2.63. The lowest BCUT2D eigenvalue weighted by atomic mass is 10.1. The van der Waals surface area contributed by atoms with Crippen LogP contribution in [0.3, 0.4) is 0 Å². The van der Waals surface area contributed by atoms with Crippen molar-refractivity contribution in [3.05, 3.63) is 29.6 Å². The van der Waals surface area contributed by atoms with E-state index in [0.717, 1.165) is 5.33 Å². The molecule has 16 heavy (non-hydrogen) atoms. The highest BCUT2D eigenvalue weighted by Crippen LogP contribution is 2.30. The zero-order valence-electron chi connectivity index (χ0n) is 9.43. The largest absolute Gasteiger partial charge is 0.299 e. The number of pyridine rings is 1. The second kappa shape index (κ2) is 6.62. The molecule has 1 fully saturated rings. The molecule has 0 N–H and O–H groups in total. The van der Waals surface area contributed by atoms with Gasteiger partial charge in [-0.1, -0.05) is 22.0 Å². The molecule has 2 rings (SSSR count). The van der Waals surface area contributed by atoms with Crippen LogP contribution in [-0.4, -0.2) is 23.5 Å². The first-order valence-corrected chi connectivity index (χ1v) is 6.39. The first kappa shape index (κ1) is 13.1. The van der Waals surface area contributed by atoms with E-state index in [2.05, 4.69) is 45.5 Å². The zero-order chi connectivity index (χ0) is 12.0.